The summed E-state index contributed by atoms with van der Waals surface area (Å²) < 4.78 is 1.57. The second-order valence-corrected chi connectivity index (χ2v) is 13.5. The van der Waals surface area contributed by atoms with Crippen LogP contribution >= 0.6 is 0 Å². The highest BCUT2D eigenvalue weighted by atomic mass is 16.2. The third-order valence-corrected chi connectivity index (χ3v) is 9.21. The fraction of sp³-hybridized carbons (Fsp3) is 0.371. The number of nitrogens with zero attached hydrogens (tertiary/aromatic N) is 1. The minimum absolute atomic E-state index is 0.0946. The molecule has 38 heavy (non-hydrogen) atoms. The first-order valence-corrected chi connectivity index (χ1v) is 14.1. The van der Waals surface area contributed by atoms with E-state index in [9.17, 15) is 9.59 Å². The number of rotatable bonds is 3. The zero-order valence-electron chi connectivity index (χ0n) is 23.7. The van der Waals surface area contributed by atoms with E-state index in [-0.39, 0.29) is 28.0 Å². The highest BCUT2D eigenvalue weighted by molar-refractivity contribution is 6.48. The van der Waals surface area contributed by atoms with Crippen molar-refractivity contribution in [1.82, 2.24) is 4.57 Å². The Bertz CT molecular complexity index is 2000. The molecule has 0 bridgehead atoms. The van der Waals surface area contributed by atoms with Crippen LogP contribution in [-0.2, 0) is 10.8 Å². The molecule has 7 rings (SSSR count). The quantitative estimate of drug-likeness (QED) is 0.227. The summed E-state index contributed by atoms with van der Waals surface area (Å²) in [5.41, 5.74) is 1.96. The topological polar surface area (TPSA) is 39.1 Å². The SMILES string of the molecule is CCC(CC)n1c(=O)c2c3cc(C(C)(C)C)c4ccc5ccc6c(C(C)(C)C)cc(c2c1=O)c1c6c5c4c31. The van der Waals surface area contributed by atoms with Gasteiger partial charge in [-0.25, -0.2) is 0 Å². The Morgan fingerprint density at radius 2 is 0.974 bits per heavy atom. The maximum Gasteiger partial charge on any atom is 0.262 e. The fourth-order valence-electron chi connectivity index (χ4n) is 7.43. The van der Waals surface area contributed by atoms with E-state index in [2.05, 4.69) is 91.8 Å². The van der Waals surface area contributed by atoms with Crippen molar-refractivity contribution in [3.05, 3.63) is 68.2 Å². The minimum atomic E-state index is -0.125. The van der Waals surface area contributed by atoms with E-state index in [0.717, 1.165) is 34.4 Å². The molecule has 1 aromatic heterocycles. The van der Waals surface area contributed by atoms with E-state index < -0.39 is 0 Å². The standard InChI is InChI=1S/C35H35NO2/c1-9-18(10-2)36-32(37)30-21-15-23(34(3,4)5)19-13-11-17-12-14-20-24(35(6,7)8)16-22(31(30)33(36)38)29-27(20)25(17)26(19)28(21)29/h11-16,18H,9-10H2,1-8H3. The molecule has 0 unspecified atom stereocenters. The summed E-state index contributed by atoms with van der Waals surface area (Å²) in [6.45, 7) is 17.6. The van der Waals surface area contributed by atoms with Crippen LogP contribution in [0.5, 0.6) is 0 Å². The molecule has 1 heterocycles. The lowest BCUT2D eigenvalue weighted by Crippen LogP contribution is -2.29. The van der Waals surface area contributed by atoms with Crippen LogP contribution in [0, 0.1) is 0 Å². The Labute approximate surface area is 222 Å². The van der Waals surface area contributed by atoms with Crippen LogP contribution in [0.4, 0.5) is 0 Å². The van der Waals surface area contributed by atoms with Crippen LogP contribution in [0.3, 0.4) is 0 Å². The van der Waals surface area contributed by atoms with Gasteiger partial charge in [0.15, 0.2) is 0 Å². The zero-order valence-corrected chi connectivity index (χ0v) is 23.7. The highest BCUT2D eigenvalue weighted by Gasteiger charge is 2.32. The van der Waals surface area contributed by atoms with Crippen LogP contribution in [-0.4, -0.2) is 4.57 Å². The first-order chi connectivity index (χ1) is 17.9. The fourth-order valence-corrected chi connectivity index (χ4v) is 7.43. The van der Waals surface area contributed by atoms with Crippen LogP contribution < -0.4 is 11.1 Å². The molecule has 0 amide bonds. The van der Waals surface area contributed by atoms with E-state index in [0.29, 0.717) is 10.8 Å². The molecule has 0 saturated heterocycles. The molecular weight excluding hydrogens is 466 g/mol. The van der Waals surface area contributed by atoms with Crippen LogP contribution in [0.2, 0.25) is 0 Å². The Hall–Kier alpha value is -3.46. The van der Waals surface area contributed by atoms with Gasteiger partial charge in [-0.05, 0) is 101 Å². The summed E-state index contributed by atoms with van der Waals surface area (Å²) in [6.07, 6.45) is 1.52. The van der Waals surface area contributed by atoms with Crippen molar-refractivity contribution in [2.24, 2.45) is 0 Å². The molecule has 0 aliphatic rings. The highest BCUT2D eigenvalue weighted by Crippen LogP contribution is 2.53. The van der Waals surface area contributed by atoms with Gasteiger partial charge in [0.1, 0.15) is 0 Å². The van der Waals surface area contributed by atoms with Gasteiger partial charge in [0.2, 0.25) is 0 Å². The summed E-state index contributed by atoms with van der Waals surface area (Å²) in [4.78, 5) is 28.5. The largest absolute Gasteiger partial charge is 0.271 e. The lowest BCUT2D eigenvalue weighted by molar-refractivity contribution is 0.455. The molecule has 0 fully saturated rings. The van der Waals surface area contributed by atoms with E-state index in [1.165, 1.54) is 43.4 Å². The van der Waals surface area contributed by atoms with Crippen LogP contribution in [0.15, 0.2) is 46.0 Å². The lowest BCUT2D eigenvalue weighted by atomic mass is 9.80. The molecule has 0 spiro atoms. The molecule has 0 radical (unpaired) electrons. The summed E-state index contributed by atoms with van der Waals surface area (Å²) in [6, 6.07) is 13.4. The molecule has 6 aromatic carbocycles. The summed E-state index contributed by atoms with van der Waals surface area (Å²) in [7, 11) is 0. The molecule has 0 saturated carbocycles. The van der Waals surface area contributed by atoms with Gasteiger partial charge in [-0.1, -0.05) is 79.7 Å². The van der Waals surface area contributed by atoms with Gasteiger partial charge in [-0.15, -0.1) is 0 Å². The summed E-state index contributed by atoms with van der Waals surface area (Å²) >= 11 is 0. The number of fused-ring (bicyclic) bond motifs is 3. The second-order valence-electron chi connectivity index (χ2n) is 13.5. The van der Waals surface area contributed by atoms with Gasteiger partial charge in [0.25, 0.3) is 11.1 Å². The summed E-state index contributed by atoms with van der Waals surface area (Å²) in [5, 5.41) is 13.0. The van der Waals surface area contributed by atoms with Crippen molar-refractivity contribution in [3.63, 3.8) is 0 Å². The maximum absolute atomic E-state index is 14.3. The van der Waals surface area contributed by atoms with E-state index in [1.54, 1.807) is 4.57 Å². The first-order valence-electron chi connectivity index (χ1n) is 14.1. The Balaban J connectivity index is 1.92. The van der Waals surface area contributed by atoms with Crippen molar-refractivity contribution in [1.29, 1.82) is 0 Å². The minimum Gasteiger partial charge on any atom is -0.271 e. The smallest absolute Gasteiger partial charge is 0.262 e. The van der Waals surface area contributed by atoms with Crippen molar-refractivity contribution in [2.75, 3.05) is 0 Å². The third-order valence-electron chi connectivity index (χ3n) is 9.21. The molecular formula is C35H35NO2. The molecule has 192 valence electrons. The molecule has 3 nitrogen and oxygen atoms in total. The van der Waals surface area contributed by atoms with Crippen LogP contribution in [0.1, 0.15) is 85.4 Å². The monoisotopic (exact) mass is 501 g/mol. The maximum atomic E-state index is 14.3. The Morgan fingerprint density at radius 3 is 1.34 bits per heavy atom. The number of benzene rings is 5. The van der Waals surface area contributed by atoms with Crippen LogP contribution in [0.25, 0.3) is 64.6 Å². The third kappa shape index (κ3) is 2.65. The predicted octanol–water partition coefficient (Wildman–Crippen LogP) is 8.84. The predicted molar refractivity (Wildman–Crippen MR) is 164 cm³/mol. The lowest BCUT2D eigenvalue weighted by Gasteiger charge is -2.23. The Morgan fingerprint density at radius 1 is 0.579 bits per heavy atom. The number of hydrogen-bond donors (Lipinski definition) is 0. The molecule has 0 atom stereocenters. The van der Waals surface area contributed by atoms with Crippen molar-refractivity contribution < 1.29 is 0 Å². The average Bonchev–Trinajstić information content (AvgIpc) is 3.34. The van der Waals surface area contributed by atoms with Gasteiger partial charge in [0.05, 0.1) is 10.8 Å². The average molecular weight is 502 g/mol. The molecule has 3 heteroatoms. The molecule has 0 N–H and O–H groups in total. The van der Waals surface area contributed by atoms with Gasteiger partial charge >= 0.3 is 0 Å². The normalized spacial score (nSPS) is 13.9. The van der Waals surface area contributed by atoms with E-state index in [1.807, 2.05) is 0 Å². The molecule has 7 aromatic rings. The zero-order chi connectivity index (χ0) is 27.0. The van der Waals surface area contributed by atoms with E-state index >= 15 is 0 Å². The molecule has 0 aliphatic carbocycles. The van der Waals surface area contributed by atoms with Gasteiger partial charge in [-0.2, -0.15) is 0 Å². The first kappa shape index (κ1) is 23.6. The number of hydrogen-bond acceptors (Lipinski definition) is 2. The van der Waals surface area contributed by atoms with Gasteiger partial charge in [-0.3, -0.25) is 14.2 Å². The van der Waals surface area contributed by atoms with Gasteiger partial charge in [0, 0.05) is 6.04 Å². The van der Waals surface area contributed by atoms with E-state index in [4.69, 9.17) is 0 Å². The summed E-state index contributed by atoms with van der Waals surface area (Å²) in [5.74, 6) is 0. The molecule has 0 aliphatic heterocycles. The Kier molecular flexibility index (Phi) is 4.44. The van der Waals surface area contributed by atoms with Crippen molar-refractivity contribution in [2.45, 2.75) is 85.1 Å². The second kappa shape index (κ2) is 7.14. The van der Waals surface area contributed by atoms with Crippen molar-refractivity contribution in [3.8, 4) is 0 Å². The van der Waals surface area contributed by atoms with Crippen molar-refractivity contribution >= 4 is 64.6 Å². The number of aromatic nitrogens is 1. The van der Waals surface area contributed by atoms with Gasteiger partial charge < -0.3 is 0 Å².